The molecule has 0 amide bonds. The van der Waals surface area contributed by atoms with Crippen molar-refractivity contribution in [1.29, 1.82) is 0 Å². The minimum absolute atomic E-state index is 0.00250. The standard InChI is InChI=1S/C10H12F3N/c1-6(2)8-5-7(10(11,12)13)3-4-9(8)14/h3-6H,14H2,1-2H3. The first-order valence-electron chi connectivity index (χ1n) is 4.29. The van der Waals surface area contributed by atoms with Crippen LogP contribution in [0, 0.1) is 0 Å². The van der Waals surface area contributed by atoms with Gasteiger partial charge in [-0.25, -0.2) is 0 Å². The summed E-state index contributed by atoms with van der Waals surface area (Å²) in [5, 5.41) is 0. The molecular weight excluding hydrogens is 191 g/mol. The lowest BCUT2D eigenvalue weighted by molar-refractivity contribution is -0.137. The molecule has 0 atom stereocenters. The Hall–Kier alpha value is -1.19. The highest BCUT2D eigenvalue weighted by Gasteiger charge is 2.30. The monoisotopic (exact) mass is 203 g/mol. The van der Waals surface area contributed by atoms with Gasteiger partial charge in [0.05, 0.1) is 5.56 Å². The predicted octanol–water partition coefficient (Wildman–Crippen LogP) is 3.41. The summed E-state index contributed by atoms with van der Waals surface area (Å²) in [5.74, 6) is -0.00250. The van der Waals surface area contributed by atoms with Gasteiger partial charge in [0.25, 0.3) is 0 Å². The SMILES string of the molecule is CC(C)c1cc(C(F)(F)F)ccc1N. The van der Waals surface area contributed by atoms with Gasteiger partial charge in [0.15, 0.2) is 0 Å². The molecular formula is C10H12F3N. The normalized spacial score (nSPS) is 12.1. The molecule has 1 aromatic carbocycles. The Morgan fingerprint density at radius 3 is 2.21 bits per heavy atom. The maximum Gasteiger partial charge on any atom is 0.416 e. The predicted molar refractivity (Wildman–Crippen MR) is 49.9 cm³/mol. The first kappa shape index (κ1) is 10.9. The molecule has 0 aliphatic carbocycles. The molecule has 0 heterocycles. The molecule has 0 aliphatic heterocycles. The third-order valence-corrected chi connectivity index (χ3v) is 2.04. The number of nitrogen functional groups attached to an aromatic ring is 1. The molecule has 0 fully saturated rings. The summed E-state index contributed by atoms with van der Waals surface area (Å²) in [6.45, 7) is 3.62. The van der Waals surface area contributed by atoms with Crippen molar-refractivity contribution < 1.29 is 13.2 Å². The highest BCUT2D eigenvalue weighted by atomic mass is 19.4. The van der Waals surface area contributed by atoms with E-state index >= 15 is 0 Å². The van der Waals surface area contributed by atoms with Gasteiger partial charge in [0.1, 0.15) is 0 Å². The summed E-state index contributed by atoms with van der Waals surface area (Å²) in [4.78, 5) is 0. The van der Waals surface area contributed by atoms with Gasteiger partial charge in [-0.1, -0.05) is 13.8 Å². The van der Waals surface area contributed by atoms with Crippen molar-refractivity contribution in [3.63, 3.8) is 0 Å². The summed E-state index contributed by atoms with van der Waals surface area (Å²) in [7, 11) is 0. The van der Waals surface area contributed by atoms with E-state index in [0.717, 1.165) is 12.1 Å². The third-order valence-electron chi connectivity index (χ3n) is 2.04. The number of rotatable bonds is 1. The van der Waals surface area contributed by atoms with Crippen molar-refractivity contribution in [3.8, 4) is 0 Å². The Kier molecular flexibility index (Phi) is 2.73. The fourth-order valence-corrected chi connectivity index (χ4v) is 1.25. The third kappa shape index (κ3) is 2.19. The van der Waals surface area contributed by atoms with Crippen molar-refractivity contribution in [2.45, 2.75) is 25.9 Å². The van der Waals surface area contributed by atoms with E-state index in [1.54, 1.807) is 0 Å². The van der Waals surface area contributed by atoms with Crippen LogP contribution in [0.2, 0.25) is 0 Å². The van der Waals surface area contributed by atoms with Crippen LogP contribution >= 0.6 is 0 Å². The fraction of sp³-hybridized carbons (Fsp3) is 0.400. The minimum atomic E-state index is -4.29. The molecule has 0 saturated carbocycles. The van der Waals surface area contributed by atoms with Crippen LogP contribution in [0.25, 0.3) is 0 Å². The maximum atomic E-state index is 12.3. The Morgan fingerprint density at radius 1 is 1.21 bits per heavy atom. The molecule has 1 aromatic rings. The largest absolute Gasteiger partial charge is 0.416 e. The molecule has 0 radical (unpaired) electrons. The van der Waals surface area contributed by atoms with Gasteiger partial charge in [-0.05, 0) is 29.7 Å². The van der Waals surface area contributed by atoms with Crippen LogP contribution in [0.3, 0.4) is 0 Å². The molecule has 0 bridgehead atoms. The Labute approximate surface area is 80.7 Å². The molecule has 2 N–H and O–H groups in total. The number of nitrogens with two attached hydrogens (primary N) is 1. The molecule has 0 spiro atoms. The van der Waals surface area contributed by atoms with Crippen LogP contribution in [0.4, 0.5) is 18.9 Å². The van der Waals surface area contributed by atoms with Crippen molar-refractivity contribution in [1.82, 2.24) is 0 Å². The summed E-state index contributed by atoms with van der Waals surface area (Å²) in [6.07, 6.45) is -4.29. The molecule has 0 unspecified atom stereocenters. The van der Waals surface area contributed by atoms with Crippen LogP contribution in [-0.4, -0.2) is 0 Å². The number of benzene rings is 1. The first-order chi connectivity index (χ1) is 6.32. The Bertz CT molecular complexity index is 329. The average molecular weight is 203 g/mol. The van der Waals surface area contributed by atoms with Crippen molar-refractivity contribution in [2.75, 3.05) is 5.73 Å². The second-order valence-electron chi connectivity index (χ2n) is 3.50. The second-order valence-corrected chi connectivity index (χ2v) is 3.50. The van der Waals surface area contributed by atoms with Crippen LogP contribution < -0.4 is 5.73 Å². The number of alkyl halides is 3. The van der Waals surface area contributed by atoms with Crippen LogP contribution in [0.15, 0.2) is 18.2 Å². The highest BCUT2D eigenvalue weighted by molar-refractivity contribution is 5.50. The Balaban J connectivity index is 3.20. The lowest BCUT2D eigenvalue weighted by Crippen LogP contribution is -2.07. The van der Waals surface area contributed by atoms with Crippen LogP contribution in [0.5, 0.6) is 0 Å². The second kappa shape index (κ2) is 3.52. The molecule has 4 heteroatoms. The fourth-order valence-electron chi connectivity index (χ4n) is 1.25. The van der Waals surface area contributed by atoms with Gasteiger partial charge in [-0.3, -0.25) is 0 Å². The summed E-state index contributed by atoms with van der Waals surface area (Å²) >= 11 is 0. The number of hydrogen-bond acceptors (Lipinski definition) is 1. The zero-order valence-corrected chi connectivity index (χ0v) is 8.02. The van der Waals surface area contributed by atoms with E-state index in [4.69, 9.17) is 5.73 Å². The van der Waals surface area contributed by atoms with Crippen molar-refractivity contribution >= 4 is 5.69 Å². The lowest BCUT2D eigenvalue weighted by atomic mass is 9.99. The van der Waals surface area contributed by atoms with Gasteiger partial charge < -0.3 is 5.73 Å². The molecule has 0 aliphatic rings. The van der Waals surface area contributed by atoms with E-state index in [9.17, 15) is 13.2 Å². The van der Waals surface area contributed by atoms with E-state index in [2.05, 4.69) is 0 Å². The van der Waals surface area contributed by atoms with Crippen LogP contribution in [0.1, 0.15) is 30.9 Å². The maximum absolute atomic E-state index is 12.3. The van der Waals surface area contributed by atoms with Crippen molar-refractivity contribution in [3.05, 3.63) is 29.3 Å². The quantitative estimate of drug-likeness (QED) is 0.695. The lowest BCUT2D eigenvalue weighted by Gasteiger charge is -2.13. The summed E-state index contributed by atoms with van der Waals surface area (Å²) in [6, 6.07) is 3.42. The van der Waals surface area contributed by atoms with E-state index in [0.29, 0.717) is 11.3 Å². The molecule has 1 nitrogen and oxygen atoms in total. The average Bonchev–Trinajstić information content (AvgIpc) is 2.02. The Morgan fingerprint density at radius 2 is 1.79 bits per heavy atom. The van der Waals surface area contributed by atoms with Gasteiger partial charge in [0.2, 0.25) is 0 Å². The molecule has 14 heavy (non-hydrogen) atoms. The zero-order valence-electron chi connectivity index (χ0n) is 8.02. The van der Waals surface area contributed by atoms with Gasteiger partial charge in [0, 0.05) is 5.69 Å². The first-order valence-corrected chi connectivity index (χ1v) is 4.29. The zero-order chi connectivity index (χ0) is 10.9. The van der Waals surface area contributed by atoms with Gasteiger partial charge >= 0.3 is 6.18 Å². The summed E-state index contributed by atoms with van der Waals surface area (Å²) < 4.78 is 37.0. The molecule has 1 rings (SSSR count). The topological polar surface area (TPSA) is 26.0 Å². The number of anilines is 1. The molecule has 0 aromatic heterocycles. The highest BCUT2D eigenvalue weighted by Crippen LogP contribution is 2.33. The molecule has 0 saturated heterocycles. The number of hydrogen-bond donors (Lipinski definition) is 1. The minimum Gasteiger partial charge on any atom is -0.398 e. The van der Waals surface area contributed by atoms with E-state index < -0.39 is 11.7 Å². The smallest absolute Gasteiger partial charge is 0.398 e. The van der Waals surface area contributed by atoms with Crippen molar-refractivity contribution in [2.24, 2.45) is 0 Å². The van der Waals surface area contributed by atoms with Gasteiger partial charge in [-0.2, -0.15) is 13.2 Å². The number of halogens is 3. The van der Waals surface area contributed by atoms with Gasteiger partial charge in [-0.15, -0.1) is 0 Å². The molecule has 78 valence electrons. The van der Waals surface area contributed by atoms with Crippen LogP contribution in [-0.2, 0) is 6.18 Å². The van der Waals surface area contributed by atoms with E-state index in [1.807, 2.05) is 13.8 Å². The van der Waals surface area contributed by atoms with E-state index in [1.165, 1.54) is 6.07 Å². The van der Waals surface area contributed by atoms with E-state index in [-0.39, 0.29) is 5.92 Å². The summed E-state index contributed by atoms with van der Waals surface area (Å²) in [5.41, 5.74) is 5.87.